The SMILES string of the molecule is COc1ccc(C/N=C\c2ccc(CO)c(CO)c2)cc1OC. The molecule has 5 nitrogen and oxygen atoms in total. The van der Waals surface area contributed by atoms with Crippen molar-refractivity contribution in [3.05, 3.63) is 58.7 Å². The highest BCUT2D eigenvalue weighted by atomic mass is 16.5. The Labute approximate surface area is 135 Å². The summed E-state index contributed by atoms with van der Waals surface area (Å²) in [5.41, 5.74) is 3.33. The van der Waals surface area contributed by atoms with Crippen molar-refractivity contribution in [1.29, 1.82) is 0 Å². The van der Waals surface area contributed by atoms with E-state index >= 15 is 0 Å². The van der Waals surface area contributed by atoms with Gasteiger partial charge in [-0.25, -0.2) is 0 Å². The summed E-state index contributed by atoms with van der Waals surface area (Å²) in [5, 5.41) is 18.5. The van der Waals surface area contributed by atoms with Crippen LogP contribution in [0, 0.1) is 0 Å². The summed E-state index contributed by atoms with van der Waals surface area (Å²) in [6.07, 6.45) is 1.75. The lowest BCUT2D eigenvalue weighted by atomic mass is 10.1. The first-order valence-electron chi connectivity index (χ1n) is 7.26. The van der Waals surface area contributed by atoms with E-state index in [0.717, 1.165) is 16.7 Å². The van der Waals surface area contributed by atoms with Crippen LogP contribution in [0.25, 0.3) is 0 Å². The van der Waals surface area contributed by atoms with Crippen molar-refractivity contribution in [3.8, 4) is 11.5 Å². The molecule has 0 unspecified atom stereocenters. The third kappa shape index (κ3) is 4.31. The lowest BCUT2D eigenvalue weighted by molar-refractivity contribution is 0.260. The molecule has 23 heavy (non-hydrogen) atoms. The van der Waals surface area contributed by atoms with Gasteiger partial charge in [-0.05, 0) is 40.5 Å². The number of aliphatic hydroxyl groups excluding tert-OH is 2. The van der Waals surface area contributed by atoms with E-state index in [4.69, 9.17) is 9.47 Å². The molecule has 0 bridgehead atoms. The first-order chi connectivity index (χ1) is 11.2. The second-order valence-corrected chi connectivity index (χ2v) is 5.00. The third-order valence-electron chi connectivity index (χ3n) is 3.53. The fourth-order valence-corrected chi connectivity index (χ4v) is 2.26. The van der Waals surface area contributed by atoms with E-state index < -0.39 is 0 Å². The number of aliphatic hydroxyl groups is 2. The molecule has 5 heteroatoms. The minimum atomic E-state index is -0.104. The maximum atomic E-state index is 9.30. The van der Waals surface area contributed by atoms with Gasteiger partial charge in [0.1, 0.15) is 0 Å². The lowest BCUT2D eigenvalue weighted by Gasteiger charge is -2.08. The van der Waals surface area contributed by atoms with Gasteiger partial charge in [0.15, 0.2) is 11.5 Å². The van der Waals surface area contributed by atoms with E-state index in [1.807, 2.05) is 30.3 Å². The Morgan fingerprint density at radius 2 is 1.65 bits per heavy atom. The van der Waals surface area contributed by atoms with Crippen LogP contribution in [0.15, 0.2) is 41.4 Å². The van der Waals surface area contributed by atoms with E-state index in [9.17, 15) is 10.2 Å². The van der Waals surface area contributed by atoms with E-state index in [0.29, 0.717) is 23.6 Å². The van der Waals surface area contributed by atoms with Gasteiger partial charge in [-0.2, -0.15) is 0 Å². The van der Waals surface area contributed by atoms with Gasteiger partial charge in [0.05, 0.1) is 34.0 Å². The molecule has 0 amide bonds. The molecular weight excluding hydrogens is 294 g/mol. The molecule has 0 atom stereocenters. The van der Waals surface area contributed by atoms with Gasteiger partial charge in [-0.3, -0.25) is 4.99 Å². The molecule has 2 rings (SSSR count). The van der Waals surface area contributed by atoms with Crippen molar-refractivity contribution in [3.63, 3.8) is 0 Å². The Kier molecular flexibility index (Phi) is 6.14. The number of methoxy groups -OCH3 is 2. The minimum absolute atomic E-state index is 0.0844. The molecule has 0 saturated carbocycles. The van der Waals surface area contributed by atoms with Gasteiger partial charge in [-0.15, -0.1) is 0 Å². The van der Waals surface area contributed by atoms with E-state index in [2.05, 4.69) is 4.99 Å². The van der Waals surface area contributed by atoms with Crippen LogP contribution in [0.5, 0.6) is 11.5 Å². The standard InChI is InChI=1S/C18H21NO4/c1-22-17-6-4-14(8-18(17)23-2)10-19-9-13-3-5-15(11-20)16(7-13)12-21/h3-9,20-21H,10-12H2,1-2H3/b19-9-. The maximum Gasteiger partial charge on any atom is 0.161 e. The summed E-state index contributed by atoms with van der Waals surface area (Å²) in [6.45, 7) is 0.322. The van der Waals surface area contributed by atoms with Crippen LogP contribution in [-0.4, -0.2) is 30.6 Å². The van der Waals surface area contributed by atoms with Crippen LogP contribution in [0.2, 0.25) is 0 Å². The van der Waals surface area contributed by atoms with Crippen LogP contribution in [-0.2, 0) is 19.8 Å². The van der Waals surface area contributed by atoms with Crippen molar-refractivity contribution in [2.45, 2.75) is 19.8 Å². The quantitative estimate of drug-likeness (QED) is 0.769. The van der Waals surface area contributed by atoms with E-state index in [1.165, 1.54) is 0 Å². The Balaban J connectivity index is 2.09. The predicted molar refractivity (Wildman–Crippen MR) is 89.1 cm³/mol. The van der Waals surface area contributed by atoms with Crippen LogP contribution in [0.4, 0.5) is 0 Å². The van der Waals surface area contributed by atoms with E-state index in [-0.39, 0.29) is 13.2 Å². The zero-order chi connectivity index (χ0) is 16.7. The summed E-state index contributed by atoms with van der Waals surface area (Å²) in [6, 6.07) is 11.2. The highest BCUT2D eigenvalue weighted by molar-refractivity contribution is 5.80. The number of aliphatic imine (C=N–C) groups is 1. The molecule has 2 aromatic carbocycles. The van der Waals surface area contributed by atoms with Crippen molar-refractivity contribution in [2.75, 3.05) is 14.2 Å². The van der Waals surface area contributed by atoms with Gasteiger partial charge >= 0.3 is 0 Å². The molecule has 0 aliphatic carbocycles. The van der Waals surface area contributed by atoms with Crippen molar-refractivity contribution in [1.82, 2.24) is 0 Å². The molecule has 0 aliphatic rings. The zero-order valence-electron chi connectivity index (χ0n) is 13.3. The number of hydrogen-bond acceptors (Lipinski definition) is 5. The van der Waals surface area contributed by atoms with Crippen molar-refractivity contribution < 1.29 is 19.7 Å². The molecule has 0 aromatic heterocycles. The topological polar surface area (TPSA) is 71.3 Å². The number of ether oxygens (including phenoxy) is 2. The monoisotopic (exact) mass is 315 g/mol. The number of benzene rings is 2. The average Bonchev–Trinajstić information content (AvgIpc) is 2.61. The van der Waals surface area contributed by atoms with Gasteiger partial charge < -0.3 is 19.7 Å². The second kappa shape index (κ2) is 8.31. The minimum Gasteiger partial charge on any atom is -0.493 e. The molecule has 0 saturated heterocycles. The molecule has 0 radical (unpaired) electrons. The molecule has 0 heterocycles. The van der Waals surface area contributed by atoms with E-state index in [1.54, 1.807) is 26.5 Å². The maximum absolute atomic E-state index is 9.30. The fourth-order valence-electron chi connectivity index (χ4n) is 2.26. The van der Waals surface area contributed by atoms with Crippen LogP contribution < -0.4 is 9.47 Å². The van der Waals surface area contributed by atoms with Gasteiger partial charge in [-0.1, -0.05) is 18.2 Å². The van der Waals surface area contributed by atoms with Crippen LogP contribution in [0.1, 0.15) is 22.3 Å². The normalized spacial score (nSPS) is 11.0. The summed E-state index contributed by atoms with van der Waals surface area (Å²) in [7, 11) is 3.20. The molecule has 2 aromatic rings. The Bertz CT molecular complexity index is 683. The number of nitrogens with zero attached hydrogens (tertiary/aromatic N) is 1. The predicted octanol–water partition coefficient (Wildman–Crippen LogP) is 2.31. The first kappa shape index (κ1) is 17.0. The van der Waals surface area contributed by atoms with Crippen molar-refractivity contribution in [2.24, 2.45) is 4.99 Å². The largest absolute Gasteiger partial charge is 0.493 e. The molecule has 0 fully saturated rings. The van der Waals surface area contributed by atoms with Gasteiger partial charge in [0, 0.05) is 6.21 Å². The van der Waals surface area contributed by atoms with Crippen LogP contribution in [0.3, 0.4) is 0 Å². The lowest BCUT2D eigenvalue weighted by Crippen LogP contribution is -1.96. The smallest absolute Gasteiger partial charge is 0.161 e. The molecule has 0 aliphatic heterocycles. The molecular formula is C18H21NO4. The summed E-state index contributed by atoms with van der Waals surface area (Å²) >= 11 is 0. The molecule has 0 spiro atoms. The highest BCUT2D eigenvalue weighted by Gasteiger charge is 2.04. The number of rotatable bonds is 7. The molecule has 122 valence electrons. The summed E-state index contributed by atoms with van der Waals surface area (Å²) < 4.78 is 10.5. The summed E-state index contributed by atoms with van der Waals surface area (Å²) in [4.78, 5) is 4.41. The Morgan fingerprint density at radius 3 is 2.30 bits per heavy atom. The second-order valence-electron chi connectivity index (χ2n) is 5.00. The van der Waals surface area contributed by atoms with Crippen molar-refractivity contribution >= 4 is 6.21 Å². The van der Waals surface area contributed by atoms with Crippen LogP contribution >= 0.6 is 0 Å². The van der Waals surface area contributed by atoms with Gasteiger partial charge in [0.25, 0.3) is 0 Å². The Morgan fingerprint density at radius 1 is 0.913 bits per heavy atom. The first-order valence-corrected chi connectivity index (χ1v) is 7.26. The molecule has 2 N–H and O–H groups in total. The zero-order valence-corrected chi connectivity index (χ0v) is 13.3. The van der Waals surface area contributed by atoms with Gasteiger partial charge in [0.2, 0.25) is 0 Å². The average molecular weight is 315 g/mol. The highest BCUT2D eigenvalue weighted by Crippen LogP contribution is 2.27. The third-order valence-corrected chi connectivity index (χ3v) is 3.53. The summed E-state index contributed by atoms with van der Waals surface area (Å²) in [5.74, 6) is 1.36. The number of hydrogen-bond donors (Lipinski definition) is 2. The Hall–Kier alpha value is -2.37. The fraction of sp³-hybridized carbons (Fsp3) is 0.278.